The fraction of sp³-hybridized carbons (Fsp3) is 0.600. The van der Waals surface area contributed by atoms with Gasteiger partial charge in [-0.15, -0.1) is 0 Å². The van der Waals surface area contributed by atoms with Crippen molar-refractivity contribution in [2.24, 2.45) is 17.4 Å². The fourth-order valence-electron chi connectivity index (χ4n) is 0.402. The second-order valence-electron chi connectivity index (χ2n) is 1.88. The Hall–Kier alpha value is -1.18. The summed E-state index contributed by atoms with van der Waals surface area (Å²) in [5.41, 5.74) is 5.00. The lowest BCUT2D eigenvalue weighted by Crippen LogP contribution is -2.30. The molecule has 0 amide bonds. The lowest BCUT2D eigenvalue weighted by atomic mass is 10.2. The summed E-state index contributed by atoms with van der Waals surface area (Å²) in [5.74, 6) is 5.80. The maximum atomic E-state index is 9.99. The highest BCUT2D eigenvalue weighted by Crippen LogP contribution is 1.93. The number of rotatable bonds is 4. The maximum absolute atomic E-state index is 9.99. The minimum absolute atomic E-state index is 0.0231. The molecule has 0 aromatic rings. The zero-order valence-electron chi connectivity index (χ0n) is 6.43. The van der Waals surface area contributed by atoms with Crippen molar-refractivity contribution in [3.05, 3.63) is 0 Å². The van der Waals surface area contributed by atoms with Crippen molar-refractivity contribution in [1.29, 1.82) is 0 Å². The number of hydrogen-bond donors (Lipinski definition) is 5. The van der Waals surface area contributed by atoms with Crippen molar-refractivity contribution >= 4 is 11.9 Å². The van der Waals surface area contributed by atoms with Crippen LogP contribution in [0.2, 0.25) is 0 Å². The van der Waals surface area contributed by atoms with Crippen LogP contribution in [-0.4, -0.2) is 28.2 Å². The van der Waals surface area contributed by atoms with E-state index in [9.17, 15) is 9.59 Å². The summed E-state index contributed by atoms with van der Waals surface area (Å²) in [7, 11) is 0. The van der Waals surface area contributed by atoms with Crippen LogP contribution in [-0.2, 0) is 9.59 Å². The van der Waals surface area contributed by atoms with Gasteiger partial charge in [0.1, 0.15) is 6.04 Å². The van der Waals surface area contributed by atoms with E-state index in [0.717, 1.165) is 0 Å². The van der Waals surface area contributed by atoms with Gasteiger partial charge in [-0.3, -0.25) is 21.3 Å². The first-order valence-corrected chi connectivity index (χ1v) is 3.07. The lowest BCUT2D eigenvalue weighted by molar-refractivity contribution is -0.139. The van der Waals surface area contributed by atoms with Gasteiger partial charge < -0.3 is 15.9 Å². The van der Waals surface area contributed by atoms with Gasteiger partial charge in [0, 0.05) is 6.42 Å². The molecule has 0 aromatic heterocycles. The average Bonchev–Trinajstić information content (AvgIpc) is 2.03. The van der Waals surface area contributed by atoms with E-state index in [1.54, 1.807) is 0 Å². The van der Waals surface area contributed by atoms with Crippen LogP contribution < -0.4 is 17.4 Å². The van der Waals surface area contributed by atoms with Crippen molar-refractivity contribution in [1.82, 2.24) is 0 Å². The highest BCUT2D eigenvalue weighted by atomic mass is 16.4. The van der Waals surface area contributed by atoms with Crippen molar-refractivity contribution in [3.8, 4) is 0 Å². The Bertz CT molecular complexity index is 150. The van der Waals surface area contributed by atoms with Gasteiger partial charge >= 0.3 is 11.9 Å². The van der Waals surface area contributed by atoms with Crippen LogP contribution in [0.25, 0.3) is 0 Å². The predicted octanol–water partition coefficient (Wildman–Crippen LogP) is -1.92. The van der Waals surface area contributed by atoms with Crippen LogP contribution in [0.5, 0.6) is 0 Å². The first-order chi connectivity index (χ1) is 5.54. The summed E-state index contributed by atoms with van der Waals surface area (Å²) in [4.78, 5) is 19.9. The van der Waals surface area contributed by atoms with Gasteiger partial charge in [-0.05, 0) is 6.42 Å². The van der Waals surface area contributed by atoms with Crippen LogP contribution in [0, 0.1) is 0 Å². The summed E-state index contributed by atoms with van der Waals surface area (Å²) in [6, 6.07) is -1.06. The molecule has 7 nitrogen and oxygen atoms in total. The molecule has 0 heterocycles. The molecule has 0 saturated carbocycles. The van der Waals surface area contributed by atoms with E-state index in [1.165, 1.54) is 0 Å². The third-order valence-electron chi connectivity index (χ3n) is 0.986. The van der Waals surface area contributed by atoms with E-state index in [-0.39, 0.29) is 12.8 Å². The molecule has 0 bridgehead atoms. The van der Waals surface area contributed by atoms with E-state index in [0.29, 0.717) is 0 Å². The highest BCUT2D eigenvalue weighted by Gasteiger charge is 2.12. The molecule has 12 heavy (non-hydrogen) atoms. The third-order valence-corrected chi connectivity index (χ3v) is 0.986. The first kappa shape index (κ1) is 13.4. The smallest absolute Gasteiger partial charge is 0.320 e. The van der Waals surface area contributed by atoms with Crippen LogP contribution in [0.4, 0.5) is 0 Å². The van der Waals surface area contributed by atoms with Crippen LogP contribution in [0.1, 0.15) is 12.8 Å². The largest absolute Gasteiger partial charge is 0.481 e. The molecule has 1 atom stereocenters. The molecule has 0 unspecified atom stereocenters. The Labute approximate surface area is 69.1 Å². The minimum Gasteiger partial charge on any atom is -0.481 e. The molecule has 0 fully saturated rings. The van der Waals surface area contributed by atoms with Gasteiger partial charge in [0.25, 0.3) is 0 Å². The van der Waals surface area contributed by atoms with E-state index < -0.39 is 18.0 Å². The van der Waals surface area contributed by atoms with Crippen LogP contribution in [0.3, 0.4) is 0 Å². The second-order valence-corrected chi connectivity index (χ2v) is 1.88. The normalized spacial score (nSPS) is 10.9. The minimum atomic E-state index is -1.17. The topological polar surface area (TPSA) is 153 Å². The summed E-state index contributed by atoms with van der Waals surface area (Å²) >= 11 is 0. The summed E-state index contributed by atoms with van der Waals surface area (Å²) in [5, 5.41) is 16.3. The monoisotopic (exact) mass is 179 g/mol. The number of aliphatic carboxylic acids is 2. The third kappa shape index (κ3) is 8.82. The van der Waals surface area contributed by atoms with Gasteiger partial charge in [-0.1, -0.05) is 0 Å². The van der Waals surface area contributed by atoms with Gasteiger partial charge in [-0.2, -0.15) is 0 Å². The number of carboxylic acid groups (broad SMARTS) is 2. The molecule has 8 N–H and O–H groups in total. The first-order valence-electron chi connectivity index (χ1n) is 3.07. The standard InChI is InChI=1S/C5H9NO4.H4N2/c6-3(5(9)10)1-2-4(7)8;1-2/h3H,1-2,6H2,(H,7,8)(H,9,10);1-2H2/t3-;/m0./s1. The number of hydrogen-bond acceptors (Lipinski definition) is 5. The molecule has 0 rings (SSSR count). The number of carbonyl (C=O) groups is 2. The quantitative estimate of drug-likeness (QED) is 0.249. The maximum Gasteiger partial charge on any atom is 0.320 e. The Morgan fingerprint density at radius 2 is 1.67 bits per heavy atom. The Morgan fingerprint density at radius 3 is 1.92 bits per heavy atom. The zero-order chi connectivity index (χ0) is 10.1. The molecule has 0 radical (unpaired) electrons. The fourth-order valence-corrected chi connectivity index (χ4v) is 0.402. The summed E-state index contributed by atoms with van der Waals surface area (Å²) in [6.07, 6.45) is -0.224. The molecule has 0 aliphatic rings. The Balaban J connectivity index is 0. The Morgan fingerprint density at radius 1 is 1.25 bits per heavy atom. The Kier molecular flexibility index (Phi) is 8.85. The number of hydrazine groups is 1. The molecular weight excluding hydrogens is 166 g/mol. The van der Waals surface area contributed by atoms with Gasteiger partial charge in [0.2, 0.25) is 0 Å². The molecule has 0 spiro atoms. The van der Waals surface area contributed by atoms with E-state index >= 15 is 0 Å². The van der Waals surface area contributed by atoms with Gasteiger partial charge in [0.05, 0.1) is 0 Å². The molecule has 7 heteroatoms. The highest BCUT2D eigenvalue weighted by molar-refractivity contribution is 5.74. The number of nitrogens with two attached hydrogens (primary N) is 3. The molecule has 0 aromatic carbocycles. The molecule has 72 valence electrons. The van der Waals surface area contributed by atoms with Gasteiger partial charge in [-0.25, -0.2) is 0 Å². The summed E-state index contributed by atoms with van der Waals surface area (Å²) < 4.78 is 0. The van der Waals surface area contributed by atoms with Crippen molar-refractivity contribution in [2.75, 3.05) is 0 Å². The molecule has 0 aliphatic heterocycles. The van der Waals surface area contributed by atoms with Crippen molar-refractivity contribution < 1.29 is 19.8 Å². The van der Waals surface area contributed by atoms with Gasteiger partial charge in [0.15, 0.2) is 0 Å². The van der Waals surface area contributed by atoms with E-state index in [1.807, 2.05) is 0 Å². The zero-order valence-corrected chi connectivity index (χ0v) is 6.43. The second kappa shape index (κ2) is 7.92. The van der Waals surface area contributed by atoms with E-state index in [2.05, 4.69) is 11.7 Å². The lowest BCUT2D eigenvalue weighted by Gasteiger charge is -2.01. The molecule has 0 saturated heterocycles. The average molecular weight is 179 g/mol. The van der Waals surface area contributed by atoms with Crippen LogP contribution >= 0.6 is 0 Å². The number of carboxylic acids is 2. The predicted molar refractivity (Wildman–Crippen MR) is 40.9 cm³/mol. The summed E-state index contributed by atoms with van der Waals surface area (Å²) in [6.45, 7) is 0. The SMILES string of the molecule is NN.N[C@@H](CCC(=O)O)C(=O)O. The van der Waals surface area contributed by atoms with Crippen LogP contribution in [0.15, 0.2) is 0 Å². The molecule has 0 aliphatic carbocycles. The van der Waals surface area contributed by atoms with E-state index in [4.69, 9.17) is 15.9 Å². The molecular formula is C5H13N3O4. The van der Waals surface area contributed by atoms with Crippen molar-refractivity contribution in [3.63, 3.8) is 0 Å². The van der Waals surface area contributed by atoms with Crippen molar-refractivity contribution in [2.45, 2.75) is 18.9 Å².